The zero-order valence-corrected chi connectivity index (χ0v) is 17.3. The van der Waals surface area contributed by atoms with Crippen molar-refractivity contribution in [3.63, 3.8) is 0 Å². The lowest BCUT2D eigenvalue weighted by Crippen LogP contribution is -2.19. The molecule has 0 aliphatic carbocycles. The van der Waals surface area contributed by atoms with E-state index in [1.54, 1.807) is 0 Å². The third-order valence-corrected chi connectivity index (χ3v) is 4.29. The maximum atomic E-state index is 5.74. The van der Waals surface area contributed by atoms with E-state index in [4.69, 9.17) is 19.2 Å². The Balaban J connectivity index is 1.99. The van der Waals surface area contributed by atoms with E-state index in [1.807, 2.05) is 52.0 Å². The third-order valence-electron chi connectivity index (χ3n) is 4.29. The lowest BCUT2D eigenvalue weighted by molar-refractivity contribution is -0.234. The number of ether oxygens (including phenoxy) is 2. The lowest BCUT2D eigenvalue weighted by atomic mass is 9.78. The first-order chi connectivity index (χ1) is 12.8. The van der Waals surface area contributed by atoms with Crippen molar-refractivity contribution in [3.05, 3.63) is 59.7 Å². The fraction of sp³-hybridized carbons (Fsp3) is 0.478. The zero-order valence-electron chi connectivity index (χ0n) is 17.3. The summed E-state index contributed by atoms with van der Waals surface area (Å²) in [5.74, 6) is 1.56. The molecule has 0 atom stereocenters. The van der Waals surface area contributed by atoms with Crippen molar-refractivity contribution >= 4 is 0 Å². The number of hydrogen-bond donors (Lipinski definition) is 0. The summed E-state index contributed by atoms with van der Waals surface area (Å²) < 4.78 is 11.2. The SMILES string of the molecule is CC(C)OCCOc1ccc(C(C)(C)c2ccc(OOC(C)C)cc2)cc1. The van der Waals surface area contributed by atoms with Gasteiger partial charge in [0.2, 0.25) is 0 Å². The third kappa shape index (κ3) is 6.56. The van der Waals surface area contributed by atoms with Crippen LogP contribution < -0.4 is 9.62 Å². The second kappa shape index (κ2) is 9.77. The Morgan fingerprint density at radius 1 is 0.704 bits per heavy atom. The Hall–Kier alpha value is -2.04. The standard InChI is InChI=1S/C23H32O4/c1-17(2)24-15-16-25-21-11-7-19(8-12-21)23(5,6)20-9-13-22(14-10-20)27-26-18(3)4/h7-14,17-18H,15-16H2,1-6H3. The minimum absolute atomic E-state index is 0.0267. The summed E-state index contributed by atoms with van der Waals surface area (Å²) >= 11 is 0. The van der Waals surface area contributed by atoms with Crippen LogP contribution in [-0.4, -0.2) is 25.4 Å². The molecule has 0 bridgehead atoms. The first kappa shape index (κ1) is 21.3. The molecule has 0 fully saturated rings. The molecule has 148 valence electrons. The summed E-state index contributed by atoms with van der Waals surface area (Å²) in [5, 5.41) is 0. The van der Waals surface area contributed by atoms with Gasteiger partial charge in [0.15, 0.2) is 5.75 Å². The number of rotatable bonds is 10. The summed E-state index contributed by atoms with van der Waals surface area (Å²) in [4.78, 5) is 10.5. The number of benzene rings is 2. The molecule has 0 saturated carbocycles. The van der Waals surface area contributed by atoms with E-state index < -0.39 is 0 Å². The topological polar surface area (TPSA) is 36.9 Å². The normalized spacial score (nSPS) is 11.9. The average molecular weight is 373 g/mol. The fourth-order valence-corrected chi connectivity index (χ4v) is 2.66. The molecular formula is C23H32O4. The quantitative estimate of drug-likeness (QED) is 0.312. The Labute approximate surface area is 163 Å². The summed E-state index contributed by atoms with van der Waals surface area (Å²) in [5.41, 5.74) is 2.30. The minimum atomic E-state index is -0.128. The van der Waals surface area contributed by atoms with Crippen molar-refractivity contribution in [2.45, 2.75) is 59.2 Å². The molecule has 0 N–H and O–H groups in total. The second-order valence-electron chi connectivity index (χ2n) is 7.67. The van der Waals surface area contributed by atoms with Crippen LogP contribution in [0.5, 0.6) is 11.5 Å². The summed E-state index contributed by atoms with van der Waals surface area (Å²) in [6.07, 6.45) is 0.254. The van der Waals surface area contributed by atoms with Crippen LogP contribution >= 0.6 is 0 Å². The second-order valence-corrected chi connectivity index (χ2v) is 7.67. The molecular weight excluding hydrogens is 340 g/mol. The van der Waals surface area contributed by atoms with Gasteiger partial charge >= 0.3 is 0 Å². The molecule has 4 heteroatoms. The van der Waals surface area contributed by atoms with Gasteiger partial charge in [-0.2, -0.15) is 4.89 Å². The van der Waals surface area contributed by atoms with E-state index in [2.05, 4.69) is 38.1 Å². The lowest BCUT2D eigenvalue weighted by Gasteiger charge is -2.26. The molecule has 2 rings (SSSR count). The van der Waals surface area contributed by atoms with Crippen LogP contribution in [0.15, 0.2) is 48.5 Å². The van der Waals surface area contributed by atoms with Crippen LogP contribution in [0.25, 0.3) is 0 Å². The molecule has 4 nitrogen and oxygen atoms in total. The highest BCUT2D eigenvalue weighted by Gasteiger charge is 2.23. The molecule has 0 amide bonds. The molecule has 0 radical (unpaired) electrons. The Bertz CT molecular complexity index is 673. The molecule has 0 spiro atoms. The molecule has 0 aliphatic heterocycles. The Kier molecular flexibility index (Phi) is 7.69. The summed E-state index contributed by atoms with van der Waals surface area (Å²) in [7, 11) is 0. The minimum Gasteiger partial charge on any atom is -0.491 e. The van der Waals surface area contributed by atoms with E-state index >= 15 is 0 Å². The van der Waals surface area contributed by atoms with Crippen LogP contribution in [-0.2, 0) is 15.0 Å². The highest BCUT2D eigenvalue weighted by Crippen LogP contribution is 2.33. The molecule has 0 heterocycles. The van der Waals surface area contributed by atoms with Gasteiger partial charge in [-0.3, -0.25) is 0 Å². The van der Waals surface area contributed by atoms with Gasteiger partial charge in [-0.1, -0.05) is 38.1 Å². The van der Waals surface area contributed by atoms with Crippen molar-refractivity contribution in [1.82, 2.24) is 0 Å². The van der Waals surface area contributed by atoms with Gasteiger partial charge in [-0.05, 0) is 63.1 Å². The molecule has 27 heavy (non-hydrogen) atoms. The van der Waals surface area contributed by atoms with Gasteiger partial charge in [-0.15, -0.1) is 0 Å². The first-order valence-electron chi connectivity index (χ1n) is 9.58. The van der Waals surface area contributed by atoms with Gasteiger partial charge in [0.25, 0.3) is 0 Å². The van der Waals surface area contributed by atoms with Crippen LogP contribution in [0.4, 0.5) is 0 Å². The van der Waals surface area contributed by atoms with Crippen molar-refractivity contribution in [1.29, 1.82) is 0 Å². The van der Waals surface area contributed by atoms with Crippen LogP contribution in [0.3, 0.4) is 0 Å². The molecule has 0 aromatic heterocycles. The molecule has 2 aromatic carbocycles. The van der Waals surface area contributed by atoms with E-state index in [1.165, 1.54) is 11.1 Å². The van der Waals surface area contributed by atoms with E-state index in [-0.39, 0.29) is 17.6 Å². The highest BCUT2D eigenvalue weighted by atomic mass is 17.2. The van der Waals surface area contributed by atoms with Crippen molar-refractivity contribution in [2.24, 2.45) is 0 Å². The highest BCUT2D eigenvalue weighted by molar-refractivity contribution is 5.41. The van der Waals surface area contributed by atoms with Crippen molar-refractivity contribution < 1.29 is 19.2 Å². The molecule has 2 aromatic rings. The van der Waals surface area contributed by atoms with Gasteiger partial charge in [-0.25, -0.2) is 0 Å². The molecule has 0 unspecified atom stereocenters. The predicted octanol–water partition coefficient (Wildman–Crippen LogP) is 5.54. The van der Waals surface area contributed by atoms with Gasteiger partial charge in [0.05, 0.1) is 18.8 Å². The summed E-state index contributed by atoms with van der Waals surface area (Å²) in [6.45, 7) is 13.5. The Morgan fingerprint density at radius 2 is 1.22 bits per heavy atom. The largest absolute Gasteiger partial charge is 0.491 e. The van der Waals surface area contributed by atoms with Gasteiger partial charge < -0.3 is 14.4 Å². The van der Waals surface area contributed by atoms with E-state index in [0.29, 0.717) is 19.0 Å². The molecule has 0 aliphatic rings. The van der Waals surface area contributed by atoms with E-state index in [0.717, 1.165) is 5.75 Å². The van der Waals surface area contributed by atoms with E-state index in [9.17, 15) is 0 Å². The van der Waals surface area contributed by atoms with Crippen LogP contribution in [0, 0.1) is 0 Å². The van der Waals surface area contributed by atoms with Crippen LogP contribution in [0.2, 0.25) is 0 Å². The zero-order chi connectivity index (χ0) is 19.9. The van der Waals surface area contributed by atoms with Crippen LogP contribution in [0.1, 0.15) is 52.7 Å². The van der Waals surface area contributed by atoms with Crippen molar-refractivity contribution in [3.8, 4) is 11.5 Å². The monoisotopic (exact) mass is 372 g/mol. The maximum absolute atomic E-state index is 5.74. The molecule has 0 saturated heterocycles. The van der Waals surface area contributed by atoms with Gasteiger partial charge in [0.1, 0.15) is 12.4 Å². The maximum Gasteiger partial charge on any atom is 0.165 e. The Morgan fingerprint density at radius 3 is 1.70 bits per heavy atom. The number of hydrogen-bond acceptors (Lipinski definition) is 4. The first-order valence-corrected chi connectivity index (χ1v) is 9.58. The van der Waals surface area contributed by atoms with Crippen molar-refractivity contribution in [2.75, 3.05) is 13.2 Å². The predicted molar refractivity (Wildman–Crippen MR) is 108 cm³/mol. The van der Waals surface area contributed by atoms with Gasteiger partial charge in [0, 0.05) is 5.41 Å². The smallest absolute Gasteiger partial charge is 0.165 e. The summed E-state index contributed by atoms with van der Waals surface area (Å²) in [6, 6.07) is 16.3. The average Bonchev–Trinajstić information content (AvgIpc) is 2.64. The fourth-order valence-electron chi connectivity index (χ4n) is 2.66.